The van der Waals surface area contributed by atoms with Crippen molar-refractivity contribution in [2.45, 2.75) is 6.18 Å². The van der Waals surface area contributed by atoms with Gasteiger partial charge in [-0.1, -0.05) is 29.3 Å². The van der Waals surface area contributed by atoms with Crippen LogP contribution in [0.3, 0.4) is 0 Å². The SMILES string of the molecule is O=C(COc1ccc2c(C(F)(F)F)cc(=O)oc2c1)Nc1c(Cl)cccc1Cl. The van der Waals surface area contributed by atoms with E-state index in [0.29, 0.717) is 6.07 Å². The van der Waals surface area contributed by atoms with Crippen LogP contribution in [0.5, 0.6) is 5.75 Å². The van der Waals surface area contributed by atoms with Gasteiger partial charge in [-0.25, -0.2) is 4.79 Å². The van der Waals surface area contributed by atoms with E-state index in [-0.39, 0.29) is 32.5 Å². The third kappa shape index (κ3) is 4.40. The number of alkyl halides is 3. The fraction of sp³-hybridized carbons (Fsp3) is 0.111. The van der Waals surface area contributed by atoms with Crippen LogP contribution in [0, 0.1) is 0 Å². The first-order chi connectivity index (χ1) is 13.1. The van der Waals surface area contributed by atoms with E-state index < -0.39 is 29.9 Å². The zero-order valence-corrected chi connectivity index (χ0v) is 15.3. The van der Waals surface area contributed by atoms with Crippen molar-refractivity contribution < 1.29 is 27.1 Å². The molecule has 0 saturated heterocycles. The predicted octanol–water partition coefficient (Wildman–Crippen LogP) is 5.14. The molecule has 10 heteroatoms. The monoisotopic (exact) mass is 431 g/mol. The van der Waals surface area contributed by atoms with E-state index in [1.165, 1.54) is 18.2 Å². The van der Waals surface area contributed by atoms with Crippen molar-refractivity contribution >= 4 is 45.8 Å². The zero-order chi connectivity index (χ0) is 20.5. The molecule has 0 saturated carbocycles. The highest BCUT2D eigenvalue weighted by Crippen LogP contribution is 2.35. The number of hydrogen-bond donors (Lipinski definition) is 1. The van der Waals surface area contributed by atoms with Crippen LogP contribution in [0.15, 0.2) is 51.7 Å². The Bertz CT molecular complexity index is 1090. The number of para-hydroxylation sites is 1. The van der Waals surface area contributed by atoms with E-state index in [1.807, 2.05) is 0 Å². The summed E-state index contributed by atoms with van der Waals surface area (Å²) in [4.78, 5) is 23.4. The Morgan fingerprint density at radius 1 is 1.11 bits per heavy atom. The van der Waals surface area contributed by atoms with E-state index in [1.54, 1.807) is 6.07 Å². The molecule has 2 aromatic carbocycles. The number of amides is 1. The molecule has 0 unspecified atom stereocenters. The molecule has 1 N–H and O–H groups in total. The molecule has 0 radical (unpaired) electrons. The van der Waals surface area contributed by atoms with Gasteiger partial charge in [-0.3, -0.25) is 4.79 Å². The lowest BCUT2D eigenvalue weighted by molar-refractivity contribution is -0.136. The van der Waals surface area contributed by atoms with E-state index in [2.05, 4.69) is 5.32 Å². The number of rotatable bonds is 4. The minimum absolute atomic E-state index is 0.0374. The number of carbonyl (C=O) groups excluding carboxylic acids is 1. The Morgan fingerprint density at radius 2 is 1.79 bits per heavy atom. The molecular formula is C18H10Cl2F3NO4. The number of carbonyl (C=O) groups is 1. The molecule has 5 nitrogen and oxygen atoms in total. The molecular weight excluding hydrogens is 422 g/mol. The molecule has 3 rings (SSSR count). The van der Waals surface area contributed by atoms with Gasteiger partial charge in [0.1, 0.15) is 11.3 Å². The first-order valence-electron chi connectivity index (χ1n) is 7.67. The van der Waals surface area contributed by atoms with Gasteiger partial charge in [0, 0.05) is 17.5 Å². The Kier molecular flexibility index (Phi) is 5.53. The van der Waals surface area contributed by atoms with Crippen LogP contribution < -0.4 is 15.7 Å². The molecule has 1 aromatic heterocycles. The molecule has 3 aromatic rings. The first kappa shape index (κ1) is 20.0. The Hall–Kier alpha value is -2.71. The standard InChI is InChI=1S/C18H10Cl2F3NO4/c19-12-2-1-3-13(20)17(12)24-15(25)8-27-9-4-5-10-11(18(21,22)23)7-16(26)28-14(10)6-9/h1-7H,8H2,(H,24,25). The van der Waals surface area contributed by atoms with E-state index in [4.69, 9.17) is 32.4 Å². The summed E-state index contributed by atoms with van der Waals surface area (Å²) in [6, 6.07) is 8.48. The van der Waals surface area contributed by atoms with Gasteiger partial charge >= 0.3 is 11.8 Å². The van der Waals surface area contributed by atoms with Gasteiger partial charge in [-0.15, -0.1) is 0 Å². The fourth-order valence-electron chi connectivity index (χ4n) is 2.41. The lowest BCUT2D eigenvalue weighted by Gasteiger charge is -2.12. The van der Waals surface area contributed by atoms with Crippen LogP contribution in [0.25, 0.3) is 11.0 Å². The lowest BCUT2D eigenvalue weighted by Crippen LogP contribution is -2.20. The van der Waals surface area contributed by atoms with Gasteiger partial charge < -0.3 is 14.5 Å². The first-order valence-corrected chi connectivity index (χ1v) is 8.42. The molecule has 0 bridgehead atoms. The highest BCUT2D eigenvalue weighted by Gasteiger charge is 2.33. The molecule has 0 aliphatic heterocycles. The van der Waals surface area contributed by atoms with Crippen LogP contribution in [-0.4, -0.2) is 12.5 Å². The number of fused-ring (bicyclic) bond motifs is 1. The van der Waals surface area contributed by atoms with Gasteiger partial charge in [-0.2, -0.15) is 13.2 Å². The number of anilines is 1. The second-order valence-electron chi connectivity index (χ2n) is 5.57. The molecule has 0 atom stereocenters. The van der Waals surface area contributed by atoms with Crippen LogP contribution >= 0.6 is 23.2 Å². The predicted molar refractivity (Wildman–Crippen MR) is 98.1 cm³/mol. The Labute approximate surface area is 165 Å². The van der Waals surface area contributed by atoms with Gasteiger partial charge in [0.15, 0.2) is 6.61 Å². The number of halogens is 5. The summed E-state index contributed by atoms with van der Waals surface area (Å²) < 4.78 is 49.2. The zero-order valence-electron chi connectivity index (χ0n) is 13.8. The van der Waals surface area contributed by atoms with E-state index >= 15 is 0 Å². The summed E-state index contributed by atoms with van der Waals surface area (Å²) >= 11 is 11.9. The Balaban J connectivity index is 1.78. The van der Waals surface area contributed by atoms with Crippen molar-refractivity contribution in [3.8, 4) is 5.75 Å². The van der Waals surface area contributed by atoms with Crippen molar-refractivity contribution in [2.75, 3.05) is 11.9 Å². The minimum atomic E-state index is -4.72. The minimum Gasteiger partial charge on any atom is -0.484 e. The van der Waals surface area contributed by atoms with E-state index in [0.717, 1.165) is 12.1 Å². The molecule has 146 valence electrons. The van der Waals surface area contributed by atoms with Gasteiger partial charge in [0.25, 0.3) is 5.91 Å². The summed E-state index contributed by atoms with van der Waals surface area (Å²) in [6.45, 7) is -0.476. The maximum absolute atomic E-state index is 13.0. The second-order valence-corrected chi connectivity index (χ2v) is 6.38. The van der Waals surface area contributed by atoms with Crippen molar-refractivity contribution in [1.29, 1.82) is 0 Å². The van der Waals surface area contributed by atoms with Gasteiger partial charge in [0.2, 0.25) is 0 Å². The average molecular weight is 432 g/mol. The summed E-state index contributed by atoms with van der Waals surface area (Å²) in [5, 5.41) is 2.63. The highest BCUT2D eigenvalue weighted by atomic mass is 35.5. The van der Waals surface area contributed by atoms with Crippen LogP contribution in [0.2, 0.25) is 10.0 Å². The lowest BCUT2D eigenvalue weighted by atomic mass is 10.1. The van der Waals surface area contributed by atoms with Crippen molar-refractivity contribution in [2.24, 2.45) is 0 Å². The summed E-state index contributed by atoms with van der Waals surface area (Å²) in [6.07, 6.45) is -4.72. The molecule has 0 spiro atoms. The molecule has 1 amide bonds. The molecule has 0 fully saturated rings. The number of hydrogen-bond acceptors (Lipinski definition) is 4. The molecule has 1 heterocycles. The van der Waals surface area contributed by atoms with E-state index in [9.17, 15) is 22.8 Å². The third-order valence-electron chi connectivity index (χ3n) is 3.62. The maximum atomic E-state index is 13.0. The van der Waals surface area contributed by atoms with Gasteiger partial charge in [0.05, 0.1) is 21.3 Å². The van der Waals surface area contributed by atoms with Crippen molar-refractivity contribution in [3.63, 3.8) is 0 Å². The number of nitrogens with one attached hydrogen (secondary N) is 1. The van der Waals surface area contributed by atoms with Crippen LogP contribution in [0.4, 0.5) is 18.9 Å². The van der Waals surface area contributed by atoms with Crippen molar-refractivity contribution in [1.82, 2.24) is 0 Å². The summed E-state index contributed by atoms with van der Waals surface area (Å²) in [5.41, 5.74) is -2.37. The van der Waals surface area contributed by atoms with Crippen LogP contribution in [-0.2, 0) is 11.0 Å². The third-order valence-corrected chi connectivity index (χ3v) is 4.25. The second kappa shape index (κ2) is 7.73. The molecule has 0 aliphatic carbocycles. The normalized spacial score (nSPS) is 11.5. The highest BCUT2D eigenvalue weighted by molar-refractivity contribution is 6.39. The number of ether oxygens (including phenoxy) is 1. The molecule has 28 heavy (non-hydrogen) atoms. The topological polar surface area (TPSA) is 68.5 Å². The maximum Gasteiger partial charge on any atom is 0.417 e. The average Bonchev–Trinajstić information content (AvgIpc) is 2.61. The smallest absolute Gasteiger partial charge is 0.417 e. The van der Waals surface area contributed by atoms with Crippen molar-refractivity contribution in [3.05, 3.63) is 68.5 Å². The van der Waals surface area contributed by atoms with Gasteiger partial charge in [-0.05, 0) is 24.3 Å². The molecule has 0 aliphatic rings. The quantitative estimate of drug-likeness (QED) is 0.580. The van der Waals surface area contributed by atoms with Crippen LogP contribution in [0.1, 0.15) is 5.56 Å². The number of benzene rings is 2. The summed E-state index contributed by atoms with van der Waals surface area (Å²) in [5.74, 6) is -0.559. The fourth-order valence-corrected chi connectivity index (χ4v) is 2.90. The largest absolute Gasteiger partial charge is 0.484 e. The summed E-state index contributed by atoms with van der Waals surface area (Å²) in [7, 11) is 0. The Morgan fingerprint density at radius 3 is 2.43 bits per heavy atom.